The van der Waals surface area contributed by atoms with Gasteiger partial charge in [0.25, 0.3) is 0 Å². The number of amidine groups is 1. The number of aliphatic hydroxyl groups is 1. The first-order valence-electron chi connectivity index (χ1n) is 15.9. The molecule has 0 saturated carbocycles. The van der Waals surface area contributed by atoms with E-state index >= 15 is 0 Å². The summed E-state index contributed by atoms with van der Waals surface area (Å²) in [4.78, 5) is 15.8. The first-order chi connectivity index (χ1) is 23.5. The number of sulfonamides is 1. The van der Waals surface area contributed by atoms with E-state index in [1.165, 1.54) is 41.8 Å². The number of fused-ring (bicyclic) bond motifs is 3. The average Bonchev–Trinajstić information content (AvgIpc) is 3.88. The maximum atomic E-state index is 14.3. The highest BCUT2D eigenvalue weighted by atomic mass is 35.5. The SMILES string of the molecule is O=S(=O)(C[C@H]1CC2=C(c3ccn(C(F)F)n3)[C@H](c3ccc(F)cc3Cl)N=C(c3nccs3)N2C1)N1C2CC[C@H]1CC(O)(c1ccccn1)C2. The topological polar surface area (TPSA) is 117 Å². The van der Waals surface area contributed by atoms with Gasteiger partial charge in [-0.25, -0.2) is 22.5 Å². The highest BCUT2D eigenvalue weighted by Crippen LogP contribution is 2.49. The number of benzene rings is 1. The normalized spacial score (nSPS) is 27.2. The number of rotatable bonds is 8. The molecule has 1 aromatic carbocycles. The second kappa shape index (κ2) is 12.3. The quantitative estimate of drug-likeness (QED) is 0.237. The van der Waals surface area contributed by atoms with Gasteiger partial charge in [-0.1, -0.05) is 23.7 Å². The number of allylic oxidation sites excluding steroid dienone is 1. The number of hydrogen-bond donors (Lipinski definition) is 1. The lowest BCUT2D eigenvalue weighted by Crippen LogP contribution is -2.53. The Morgan fingerprint density at radius 1 is 1.08 bits per heavy atom. The molecule has 8 rings (SSSR count). The molecule has 2 bridgehead atoms. The van der Waals surface area contributed by atoms with E-state index < -0.39 is 40.0 Å². The van der Waals surface area contributed by atoms with E-state index in [4.69, 9.17) is 16.6 Å². The number of nitrogens with zero attached hydrogens (tertiary/aromatic N) is 7. The Kier molecular flexibility index (Phi) is 8.18. The van der Waals surface area contributed by atoms with Crippen LogP contribution in [0.25, 0.3) is 5.57 Å². The summed E-state index contributed by atoms with van der Waals surface area (Å²) in [6.07, 6.45) is 6.57. The molecule has 7 heterocycles. The average molecular weight is 730 g/mol. The van der Waals surface area contributed by atoms with E-state index in [2.05, 4.69) is 15.1 Å². The fraction of sp³-hybridized carbons (Fsp3) is 0.394. The van der Waals surface area contributed by atoms with Crippen molar-refractivity contribution in [3.8, 4) is 0 Å². The maximum absolute atomic E-state index is 14.3. The van der Waals surface area contributed by atoms with Crippen LogP contribution in [0.2, 0.25) is 5.02 Å². The summed E-state index contributed by atoms with van der Waals surface area (Å²) in [6.45, 7) is -2.59. The molecule has 0 spiro atoms. The van der Waals surface area contributed by atoms with Crippen LogP contribution in [-0.4, -0.2) is 72.7 Å². The van der Waals surface area contributed by atoms with Crippen molar-refractivity contribution in [1.82, 2.24) is 29.0 Å². The van der Waals surface area contributed by atoms with Crippen molar-refractivity contribution in [2.24, 2.45) is 10.9 Å². The Bertz CT molecular complexity index is 2050. The molecule has 5 atom stereocenters. The summed E-state index contributed by atoms with van der Waals surface area (Å²) in [5, 5.41) is 18.2. The van der Waals surface area contributed by atoms with Gasteiger partial charge in [0.05, 0.1) is 17.1 Å². The van der Waals surface area contributed by atoms with Crippen LogP contribution in [0.3, 0.4) is 0 Å². The zero-order valence-electron chi connectivity index (χ0n) is 25.9. The number of halogens is 4. The number of pyridine rings is 1. The molecule has 49 heavy (non-hydrogen) atoms. The summed E-state index contributed by atoms with van der Waals surface area (Å²) in [7, 11) is -3.80. The first kappa shape index (κ1) is 32.6. The molecular formula is C33H31ClF3N7O3S2. The standard InChI is InChI=1S/C33H31ClF3N7O3S2/c34-24-14-20(35)4-7-23(24)29-28(25-8-11-43(41-25)32(36)37)26-13-19(17-42(26)30(40-29)31-39-10-12-48-31)18-49(46,47)44-21-5-6-22(44)16-33(45,15-21)27-3-1-2-9-38-27/h1-4,7-12,14,19,21-22,29,32,45H,5-6,13,15-18H2/t19-,21-,22?,29-,33?/m0/s1. The van der Waals surface area contributed by atoms with Crippen molar-refractivity contribution < 1.29 is 26.7 Å². The summed E-state index contributed by atoms with van der Waals surface area (Å²) >= 11 is 7.93. The Labute approximate surface area is 289 Å². The third-order valence-corrected chi connectivity index (χ3v) is 13.1. The molecule has 0 aliphatic carbocycles. The number of thiazole rings is 1. The molecule has 4 aliphatic rings. The minimum Gasteiger partial charge on any atom is -0.383 e. The van der Waals surface area contributed by atoms with Gasteiger partial charge < -0.3 is 10.0 Å². The van der Waals surface area contributed by atoms with Crippen LogP contribution in [0, 0.1) is 11.7 Å². The predicted octanol–water partition coefficient (Wildman–Crippen LogP) is 6.00. The minimum atomic E-state index is -3.80. The van der Waals surface area contributed by atoms with Gasteiger partial charge in [0.1, 0.15) is 17.5 Å². The van der Waals surface area contributed by atoms with Gasteiger partial charge in [-0.05, 0) is 68.4 Å². The van der Waals surface area contributed by atoms with E-state index in [9.17, 15) is 26.7 Å². The molecule has 3 fully saturated rings. The zero-order chi connectivity index (χ0) is 34.1. The molecule has 2 unspecified atom stereocenters. The second-order valence-electron chi connectivity index (χ2n) is 13.0. The van der Waals surface area contributed by atoms with Gasteiger partial charge in [-0.15, -0.1) is 11.3 Å². The summed E-state index contributed by atoms with van der Waals surface area (Å²) in [6, 6.07) is 9.24. The Morgan fingerprint density at radius 2 is 1.88 bits per heavy atom. The lowest BCUT2D eigenvalue weighted by atomic mass is 9.84. The molecule has 0 radical (unpaired) electrons. The van der Waals surface area contributed by atoms with E-state index in [0.29, 0.717) is 50.9 Å². The van der Waals surface area contributed by atoms with E-state index in [1.54, 1.807) is 34.2 Å². The third-order valence-electron chi connectivity index (χ3n) is 9.91. The highest BCUT2D eigenvalue weighted by Gasteiger charge is 2.54. The van der Waals surface area contributed by atoms with E-state index in [0.717, 1.165) is 0 Å². The molecule has 16 heteroatoms. The van der Waals surface area contributed by atoms with Crippen molar-refractivity contribution in [3.05, 3.63) is 105 Å². The molecule has 3 saturated heterocycles. The smallest absolute Gasteiger partial charge is 0.333 e. The maximum Gasteiger partial charge on any atom is 0.333 e. The number of hydrogen-bond acceptors (Lipinski definition) is 9. The lowest BCUT2D eigenvalue weighted by molar-refractivity contribution is -0.0374. The minimum absolute atomic E-state index is 0.107. The van der Waals surface area contributed by atoms with Gasteiger partial charge in [-0.2, -0.15) is 18.2 Å². The van der Waals surface area contributed by atoms with E-state index in [1.807, 2.05) is 11.0 Å². The fourth-order valence-corrected chi connectivity index (χ4v) is 11.2. The predicted molar refractivity (Wildman–Crippen MR) is 178 cm³/mol. The highest BCUT2D eigenvalue weighted by molar-refractivity contribution is 7.89. The molecule has 1 N–H and O–H groups in total. The Balaban J connectivity index is 1.16. The Hall–Kier alpha value is -3.63. The van der Waals surface area contributed by atoms with Gasteiger partial charge >= 0.3 is 6.55 Å². The molecule has 3 aromatic heterocycles. The molecule has 4 aliphatic heterocycles. The van der Waals surface area contributed by atoms with Gasteiger partial charge in [0.2, 0.25) is 10.0 Å². The summed E-state index contributed by atoms with van der Waals surface area (Å²) in [5.74, 6) is -0.599. The van der Waals surface area contributed by atoms with Crippen molar-refractivity contribution in [3.63, 3.8) is 0 Å². The van der Waals surface area contributed by atoms with Crippen molar-refractivity contribution >= 4 is 44.4 Å². The number of alkyl halides is 2. The molecule has 256 valence electrons. The van der Waals surface area contributed by atoms with Crippen LogP contribution in [0.1, 0.15) is 66.7 Å². The van der Waals surface area contributed by atoms with Crippen molar-refractivity contribution in [2.45, 2.75) is 62.4 Å². The molecule has 10 nitrogen and oxygen atoms in total. The van der Waals surface area contributed by atoms with Crippen LogP contribution in [0.4, 0.5) is 13.2 Å². The van der Waals surface area contributed by atoms with Crippen LogP contribution in [0.5, 0.6) is 0 Å². The largest absolute Gasteiger partial charge is 0.383 e. The van der Waals surface area contributed by atoms with Gasteiger partial charge in [0, 0.05) is 64.5 Å². The van der Waals surface area contributed by atoms with Crippen LogP contribution < -0.4 is 0 Å². The number of piperidine rings is 1. The van der Waals surface area contributed by atoms with Gasteiger partial charge in [0.15, 0.2) is 10.8 Å². The fourth-order valence-electron chi connectivity index (χ4n) is 8.01. The molecule has 0 amide bonds. The molecule has 4 aromatic rings. The third kappa shape index (κ3) is 5.78. The first-order valence-corrected chi connectivity index (χ1v) is 18.8. The summed E-state index contributed by atoms with van der Waals surface area (Å²) in [5.41, 5.74) is 1.20. The molecular weight excluding hydrogens is 699 g/mol. The summed E-state index contributed by atoms with van der Waals surface area (Å²) < 4.78 is 72.3. The van der Waals surface area contributed by atoms with Gasteiger partial charge in [-0.3, -0.25) is 9.98 Å². The van der Waals surface area contributed by atoms with Crippen molar-refractivity contribution in [1.29, 1.82) is 0 Å². The lowest BCUT2D eigenvalue weighted by Gasteiger charge is -2.42. The van der Waals surface area contributed by atoms with Crippen LogP contribution >= 0.6 is 22.9 Å². The Morgan fingerprint density at radius 3 is 2.53 bits per heavy atom. The van der Waals surface area contributed by atoms with Crippen molar-refractivity contribution in [2.75, 3.05) is 12.3 Å². The number of aromatic nitrogens is 4. The van der Waals surface area contributed by atoms with Crippen LogP contribution in [-0.2, 0) is 15.6 Å². The number of aliphatic imine (C=N–C) groups is 1. The van der Waals surface area contributed by atoms with Crippen LogP contribution in [0.15, 0.2) is 77.1 Å². The zero-order valence-corrected chi connectivity index (χ0v) is 28.3. The van der Waals surface area contributed by atoms with E-state index in [-0.39, 0.29) is 54.4 Å². The second-order valence-corrected chi connectivity index (χ2v) is 16.2. The monoisotopic (exact) mass is 729 g/mol.